The summed E-state index contributed by atoms with van der Waals surface area (Å²) in [6, 6.07) is -0.871. The van der Waals surface area contributed by atoms with Gasteiger partial charge in [-0.3, -0.25) is 13.8 Å². The first-order chi connectivity index (χ1) is 34.5. The van der Waals surface area contributed by atoms with E-state index in [-0.39, 0.29) is 19.1 Å². The van der Waals surface area contributed by atoms with E-state index in [0.29, 0.717) is 17.4 Å². The molecule has 8 nitrogen and oxygen atoms in total. The van der Waals surface area contributed by atoms with Crippen LogP contribution in [0.15, 0.2) is 72.9 Å². The second-order valence-corrected chi connectivity index (χ2v) is 22.8. The summed E-state index contributed by atoms with van der Waals surface area (Å²) in [5.74, 6) is -0.190. The predicted molar refractivity (Wildman–Crippen MR) is 309 cm³/mol. The summed E-state index contributed by atoms with van der Waals surface area (Å²) >= 11 is 0. The Labute approximate surface area is 440 Å². The minimum absolute atomic E-state index is 0.0524. The summed E-state index contributed by atoms with van der Waals surface area (Å²) in [6.45, 7) is 4.76. The fourth-order valence-electron chi connectivity index (χ4n) is 8.43. The number of aliphatic hydroxyl groups excluding tert-OH is 1. The highest BCUT2D eigenvalue weighted by atomic mass is 31.2. The number of aliphatic hydroxyl groups is 1. The Morgan fingerprint density at radius 2 is 0.817 bits per heavy atom. The molecule has 9 heteroatoms. The van der Waals surface area contributed by atoms with E-state index in [2.05, 4.69) is 79.9 Å². The van der Waals surface area contributed by atoms with Crippen LogP contribution in [0.2, 0.25) is 0 Å². The van der Waals surface area contributed by atoms with Gasteiger partial charge in [0.25, 0.3) is 0 Å². The standard InChI is InChI=1S/C62H115N2O6P/c1-6-8-10-12-14-16-18-20-22-23-24-25-26-27-28-29-30-31-32-33-34-35-36-37-38-39-40-41-42-44-46-48-50-52-54-56-62(66)63-60(59-70-71(67,68)69-58-57-64(3,4)5)61(65)55-53-51-49-47-45-43-21-19-17-15-13-11-9-7-2/h17-20,23-24,26-27,45,47,53,55,60-61,65H,6-16,21-22,25,28-44,46,48-52,54,56-59H2,1-5H3,(H-,63,66,67,68)/p+1/b19-17+,20-18-,24-23-,27-26-,47-45+,55-53+. The number of nitrogens with zero attached hydrogens (tertiary/aromatic N) is 1. The Morgan fingerprint density at radius 1 is 0.479 bits per heavy atom. The number of unbranched alkanes of at least 4 members (excludes halogenated alkanes) is 31. The lowest BCUT2D eigenvalue weighted by molar-refractivity contribution is -0.870. The largest absolute Gasteiger partial charge is 0.472 e. The molecule has 0 aliphatic heterocycles. The lowest BCUT2D eigenvalue weighted by Gasteiger charge is -2.25. The molecule has 0 heterocycles. The molecule has 0 saturated heterocycles. The quantitative estimate of drug-likeness (QED) is 0.0243. The van der Waals surface area contributed by atoms with Crippen LogP contribution in [0.1, 0.15) is 264 Å². The van der Waals surface area contributed by atoms with Crippen LogP contribution >= 0.6 is 7.82 Å². The molecular formula is C62H116N2O6P+. The van der Waals surface area contributed by atoms with Gasteiger partial charge in [-0.25, -0.2) is 4.57 Å². The van der Waals surface area contributed by atoms with Crippen molar-refractivity contribution in [2.45, 2.75) is 276 Å². The third-order valence-electron chi connectivity index (χ3n) is 13.1. The second kappa shape index (κ2) is 52.8. The molecule has 0 bridgehead atoms. The van der Waals surface area contributed by atoms with E-state index in [4.69, 9.17) is 9.05 Å². The van der Waals surface area contributed by atoms with Gasteiger partial charge in [-0.15, -0.1) is 0 Å². The van der Waals surface area contributed by atoms with Crippen LogP contribution in [0.4, 0.5) is 0 Å². The Morgan fingerprint density at radius 3 is 1.24 bits per heavy atom. The van der Waals surface area contributed by atoms with Crippen LogP contribution in [0.25, 0.3) is 0 Å². The zero-order valence-corrected chi connectivity index (χ0v) is 48.1. The summed E-state index contributed by atoms with van der Waals surface area (Å²) in [4.78, 5) is 23.3. The van der Waals surface area contributed by atoms with Gasteiger partial charge >= 0.3 is 7.82 Å². The maximum absolute atomic E-state index is 13.0. The number of nitrogens with one attached hydrogen (secondary N) is 1. The van der Waals surface area contributed by atoms with Crippen molar-refractivity contribution in [1.29, 1.82) is 0 Å². The van der Waals surface area contributed by atoms with Crippen molar-refractivity contribution in [3.05, 3.63) is 72.9 Å². The Balaban J connectivity index is 4.03. The highest BCUT2D eigenvalue weighted by Crippen LogP contribution is 2.43. The third kappa shape index (κ3) is 55.5. The molecule has 3 atom stereocenters. The van der Waals surface area contributed by atoms with Crippen molar-refractivity contribution in [3.63, 3.8) is 0 Å². The molecule has 0 radical (unpaired) electrons. The smallest absolute Gasteiger partial charge is 0.387 e. The predicted octanol–water partition coefficient (Wildman–Crippen LogP) is 18.3. The molecule has 0 aromatic rings. The first-order valence-corrected chi connectivity index (χ1v) is 31.3. The van der Waals surface area contributed by atoms with E-state index >= 15 is 0 Å². The molecule has 0 fully saturated rings. The molecule has 3 N–H and O–H groups in total. The number of hydrogen-bond acceptors (Lipinski definition) is 5. The van der Waals surface area contributed by atoms with E-state index in [1.807, 2.05) is 27.2 Å². The summed E-state index contributed by atoms with van der Waals surface area (Å²) in [7, 11) is 1.55. The van der Waals surface area contributed by atoms with Crippen molar-refractivity contribution in [2.75, 3.05) is 40.9 Å². The first-order valence-electron chi connectivity index (χ1n) is 29.8. The van der Waals surface area contributed by atoms with Gasteiger partial charge in [-0.2, -0.15) is 0 Å². The number of amides is 1. The fraction of sp³-hybridized carbons (Fsp3) is 0.790. The number of phosphoric acid groups is 1. The highest BCUT2D eigenvalue weighted by molar-refractivity contribution is 7.47. The minimum Gasteiger partial charge on any atom is -0.387 e. The average molecular weight is 1020 g/mol. The molecule has 0 aliphatic carbocycles. The molecule has 0 saturated carbocycles. The van der Waals surface area contributed by atoms with Gasteiger partial charge in [-0.05, 0) is 83.5 Å². The van der Waals surface area contributed by atoms with Gasteiger partial charge in [0.1, 0.15) is 13.2 Å². The molecule has 0 aromatic heterocycles. The number of carbonyl (C=O) groups is 1. The highest BCUT2D eigenvalue weighted by Gasteiger charge is 2.27. The van der Waals surface area contributed by atoms with Crippen LogP contribution in [0, 0.1) is 0 Å². The second-order valence-electron chi connectivity index (χ2n) is 21.3. The molecular weight excluding hydrogens is 900 g/mol. The summed E-state index contributed by atoms with van der Waals surface area (Å²) in [5, 5.41) is 13.9. The maximum atomic E-state index is 13.0. The van der Waals surface area contributed by atoms with Gasteiger partial charge in [-0.1, -0.05) is 247 Å². The number of rotatable bonds is 54. The molecule has 0 aromatic carbocycles. The maximum Gasteiger partial charge on any atom is 0.472 e. The Bertz CT molecular complexity index is 1380. The third-order valence-corrected chi connectivity index (χ3v) is 14.1. The van der Waals surface area contributed by atoms with E-state index in [0.717, 1.165) is 57.8 Å². The molecule has 1 amide bonds. The number of carbonyl (C=O) groups excluding carboxylic acids is 1. The van der Waals surface area contributed by atoms with Crippen molar-refractivity contribution < 1.29 is 32.9 Å². The zero-order chi connectivity index (χ0) is 52.0. The van der Waals surface area contributed by atoms with E-state index < -0.39 is 20.0 Å². The van der Waals surface area contributed by atoms with Gasteiger partial charge < -0.3 is 19.8 Å². The van der Waals surface area contributed by atoms with Crippen molar-refractivity contribution >= 4 is 13.7 Å². The van der Waals surface area contributed by atoms with Gasteiger partial charge in [0.2, 0.25) is 5.91 Å². The number of quaternary nitrogens is 1. The van der Waals surface area contributed by atoms with Crippen LogP contribution in [0.5, 0.6) is 0 Å². The van der Waals surface area contributed by atoms with Crippen LogP contribution in [-0.2, 0) is 18.4 Å². The van der Waals surface area contributed by atoms with Crippen molar-refractivity contribution in [1.82, 2.24) is 5.32 Å². The SMILES string of the molecule is CCCCCC/C=C/CC/C=C/CC/C=C/C(O)C(COP(=O)(O)OCC[N+](C)(C)C)NC(=O)CCCCCCCCCCCCCCCCCCCCCC/C=C\C/C=C\C/C=C\CCCCCCC. The number of allylic oxidation sites excluding steroid dienone is 11. The van der Waals surface area contributed by atoms with Gasteiger partial charge in [0.15, 0.2) is 0 Å². The minimum atomic E-state index is -4.36. The molecule has 414 valence electrons. The van der Waals surface area contributed by atoms with Gasteiger partial charge in [0.05, 0.1) is 39.9 Å². The van der Waals surface area contributed by atoms with Crippen LogP contribution in [0.3, 0.4) is 0 Å². The van der Waals surface area contributed by atoms with Crippen molar-refractivity contribution in [3.8, 4) is 0 Å². The average Bonchev–Trinajstić information content (AvgIpc) is 3.33. The Kier molecular flexibility index (Phi) is 51.3. The monoisotopic (exact) mass is 1020 g/mol. The van der Waals surface area contributed by atoms with Gasteiger partial charge in [0, 0.05) is 6.42 Å². The number of hydrogen-bond donors (Lipinski definition) is 3. The summed E-state index contributed by atoms with van der Waals surface area (Å²) in [5.41, 5.74) is 0. The Hall–Kier alpha value is -2.06. The molecule has 0 spiro atoms. The molecule has 71 heavy (non-hydrogen) atoms. The normalized spacial score (nSPS) is 14.4. The molecule has 0 rings (SSSR count). The summed E-state index contributed by atoms with van der Waals surface area (Å²) < 4.78 is 23.6. The van der Waals surface area contributed by atoms with E-state index in [1.165, 1.54) is 186 Å². The van der Waals surface area contributed by atoms with E-state index in [1.54, 1.807) is 6.08 Å². The molecule has 0 aliphatic rings. The zero-order valence-electron chi connectivity index (χ0n) is 47.2. The van der Waals surface area contributed by atoms with Crippen LogP contribution in [-0.4, -0.2) is 73.4 Å². The first kappa shape index (κ1) is 68.9. The van der Waals surface area contributed by atoms with Crippen LogP contribution < -0.4 is 5.32 Å². The van der Waals surface area contributed by atoms with Crippen molar-refractivity contribution in [2.24, 2.45) is 0 Å². The molecule has 3 unspecified atom stereocenters. The summed E-state index contributed by atoms with van der Waals surface area (Å²) in [6.07, 6.45) is 73.1. The lowest BCUT2D eigenvalue weighted by Crippen LogP contribution is -2.45. The number of phosphoric ester groups is 1. The fourth-order valence-corrected chi connectivity index (χ4v) is 9.17. The lowest BCUT2D eigenvalue weighted by atomic mass is 10.0. The topological polar surface area (TPSA) is 105 Å². The van der Waals surface area contributed by atoms with E-state index in [9.17, 15) is 19.4 Å². The number of likely N-dealkylation sites (N-methyl/N-ethyl adjacent to an activating group) is 1.